The molecule has 16 heteroatoms. The Balaban J connectivity index is 1.21. The Morgan fingerprint density at radius 1 is 0.312 bits per heavy atom. The van der Waals surface area contributed by atoms with Crippen LogP contribution in [-0.2, 0) is 9.47 Å². The van der Waals surface area contributed by atoms with E-state index in [1.165, 1.54) is 0 Å². The van der Waals surface area contributed by atoms with Crippen molar-refractivity contribution in [1.82, 2.24) is 5.32 Å². The Morgan fingerprint density at radius 3 is 1.01 bits per heavy atom. The van der Waals surface area contributed by atoms with Gasteiger partial charge < -0.3 is 43.2 Å². The summed E-state index contributed by atoms with van der Waals surface area (Å²) < 4.78 is 57.2. The van der Waals surface area contributed by atoms with E-state index >= 15 is 0 Å². The van der Waals surface area contributed by atoms with Gasteiger partial charge in [0.2, 0.25) is 0 Å². The molecule has 1 unspecified atom stereocenters. The highest BCUT2D eigenvalue weighted by Gasteiger charge is 2.45. The molecule has 16 nitrogen and oxygen atoms in total. The number of unbranched alkanes of at least 4 members (excludes halogenated alkanes) is 8. The molecule has 6 aliphatic rings. The Hall–Kier alpha value is -9.15. The number of nitrogens with one attached hydrogen (secondary N) is 1. The van der Waals surface area contributed by atoms with Gasteiger partial charge in [0.25, 0.3) is 0 Å². The predicted octanol–water partition coefficient (Wildman–Crippen LogP) is 18.5. The van der Waals surface area contributed by atoms with Gasteiger partial charge in [-0.3, -0.25) is 0 Å². The second kappa shape index (κ2) is 30.3. The van der Waals surface area contributed by atoms with E-state index in [4.69, 9.17) is 72.8 Å². The van der Waals surface area contributed by atoms with Crippen LogP contribution in [0.2, 0.25) is 0 Å². The smallest absolute Gasteiger partial charge is 0.168 e. The van der Waals surface area contributed by atoms with Gasteiger partial charge >= 0.3 is 0 Å². The first-order chi connectivity index (χ1) is 47.4. The number of fused-ring (bicyclic) bond motifs is 19. The predicted molar refractivity (Wildman–Crippen MR) is 389 cm³/mol. The first kappa shape index (κ1) is 65.5. The van der Waals surface area contributed by atoms with E-state index in [-0.39, 0.29) is 0 Å². The van der Waals surface area contributed by atoms with Crippen LogP contribution >= 0.6 is 0 Å². The number of nitrogens with zero attached hydrogens (tertiary/aromatic N) is 7. The van der Waals surface area contributed by atoms with Gasteiger partial charge in [0.1, 0.15) is 58.0 Å². The molecule has 0 saturated carbocycles. The third-order valence-electron chi connectivity index (χ3n) is 18.2. The normalized spacial score (nSPS) is 15.6. The highest BCUT2D eigenvalue weighted by Crippen LogP contribution is 2.53. The summed E-state index contributed by atoms with van der Waals surface area (Å²) in [7, 11) is 0. The maximum Gasteiger partial charge on any atom is 0.168 e. The van der Waals surface area contributed by atoms with Gasteiger partial charge in [0, 0.05) is 50.1 Å². The topological polar surface area (TPSA) is 172 Å². The summed E-state index contributed by atoms with van der Waals surface area (Å²) in [4.78, 5) is 40.2. The Kier molecular flexibility index (Phi) is 20.7. The van der Waals surface area contributed by atoms with Crippen molar-refractivity contribution in [2.75, 3.05) is 52.9 Å². The van der Waals surface area contributed by atoms with E-state index in [0.29, 0.717) is 184 Å². The third-order valence-corrected chi connectivity index (χ3v) is 18.2. The number of rotatable bonds is 32. The van der Waals surface area contributed by atoms with Crippen LogP contribution in [0.4, 0.5) is 0 Å². The highest BCUT2D eigenvalue weighted by atomic mass is 16.5. The number of hydrogen-bond acceptors (Lipinski definition) is 16. The van der Waals surface area contributed by atoms with Crippen molar-refractivity contribution in [3.8, 4) is 34.5 Å². The van der Waals surface area contributed by atoms with E-state index in [9.17, 15) is 0 Å². The lowest BCUT2D eigenvalue weighted by Gasteiger charge is -2.30. The summed E-state index contributed by atoms with van der Waals surface area (Å²) in [6.45, 7) is 21.0. The molecular formula is C80H90N8O8. The van der Waals surface area contributed by atoms with E-state index < -0.39 is 6.10 Å². The van der Waals surface area contributed by atoms with Crippen molar-refractivity contribution in [3.63, 3.8) is 0 Å². The summed E-state index contributed by atoms with van der Waals surface area (Å²) in [5, 5.41) is 9.13. The fourth-order valence-electron chi connectivity index (χ4n) is 13.1. The minimum absolute atomic E-state index is 0.327. The summed E-state index contributed by atoms with van der Waals surface area (Å²) in [6.07, 6.45) is 13.3. The molecule has 96 heavy (non-hydrogen) atoms. The Bertz CT molecular complexity index is 4420. The van der Waals surface area contributed by atoms with E-state index in [1.54, 1.807) is 0 Å². The third kappa shape index (κ3) is 12.5. The Labute approximate surface area is 564 Å². The number of amidine groups is 7. The molecule has 5 heterocycles. The summed E-state index contributed by atoms with van der Waals surface area (Å²) in [5.74, 6) is 7.31. The quantitative estimate of drug-likeness (QED) is 0.0403. The molecule has 0 radical (unpaired) electrons. The zero-order chi connectivity index (χ0) is 66.1. The summed E-state index contributed by atoms with van der Waals surface area (Å²) >= 11 is 0. The zero-order valence-corrected chi connectivity index (χ0v) is 57.2. The van der Waals surface area contributed by atoms with Crippen LogP contribution in [0, 0.1) is 0 Å². The fraction of sp³-hybridized carbons (Fsp3) is 0.412. The molecule has 0 saturated heterocycles. The van der Waals surface area contributed by atoms with Gasteiger partial charge in [-0.2, -0.15) is 0 Å². The lowest BCUT2D eigenvalue weighted by atomic mass is 9.84. The molecule has 5 aliphatic heterocycles. The monoisotopic (exact) mass is 1290 g/mol. The van der Waals surface area contributed by atoms with Crippen molar-refractivity contribution in [3.05, 3.63) is 159 Å². The van der Waals surface area contributed by atoms with Gasteiger partial charge in [0.05, 0.1) is 85.2 Å². The van der Waals surface area contributed by atoms with Crippen LogP contribution in [0.25, 0.3) is 38.1 Å². The molecule has 498 valence electrons. The van der Waals surface area contributed by atoms with Crippen molar-refractivity contribution >= 4 is 78.9 Å². The average Bonchev–Trinajstić information content (AvgIpc) is 1.58. The number of benzene rings is 7. The van der Waals surface area contributed by atoms with E-state index in [2.05, 4.69) is 121 Å². The molecule has 7 aromatic rings. The summed E-state index contributed by atoms with van der Waals surface area (Å²) in [6, 6.07) is 33.2. The molecule has 7 aromatic carbocycles. The van der Waals surface area contributed by atoms with E-state index in [0.717, 1.165) is 146 Å². The minimum atomic E-state index is -0.650. The molecule has 0 fully saturated rings. The maximum absolute atomic E-state index is 7.22. The molecule has 0 aromatic heterocycles. The molecule has 1 N–H and O–H groups in total. The zero-order valence-electron chi connectivity index (χ0n) is 57.2. The first-order valence-electron chi connectivity index (χ1n) is 35.6. The first-order valence-corrected chi connectivity index (χ1v) is 35.6. The number of hydrogen-bond donors (Lipinski definition) is 1. The lowest BCUT2D eigenvalue weighted by Crippen LogP contribution is -2.31. The van der Waals surface area contributed by atoms with Gasteiger partial charge in [0.15, 0.2) is 35.0 Å². The van der Waals surface area contributed by atoms with Crippen LogP contribution in [0.1, 0.15) is 209 Å². The largest absolute Gasteiger partial charge is 0.492 e. The van der Waals surface area contributed by atoms with Gasteiger partial charge in [-0.15, -0.1) is 0 Å². The van der Waals surface area contributed by atoms with Crippen LogP contribution < -0.4 is 33.7 Å². The molecule has 1 atom stereocenters. The van der Waals surface area contributed by atoms with Crippen LogP contribution in [0.3, 0.4) is 0 Å². The lowest BCUT2D eigenvalue weighted by molar-refractivity contribution is 0.0746. The minimum Gasteiger partial charge on any atom is -0.492 e. The second-order valence-corrected chi connectivity index (χ2v) is 25.1. The molecule has 8 bridgehead atoms. The molecule has 1 aliphatic carbocycles. The van der Waals surface area contributed by atoms with Gasteiger partial charge in [-0.05, 0) is 56.9 Å². The van der Waals surface area contributed by atoms with Crippen LogP contribution in [0.5, 0.6) is 34.5 Å². The Morgan fingerprint density at radius 2 is 0.615 bits per heavy atom. The fourth-order valence-corrected chi connectivity index (χ4v) is 13.1. The second-order valence-electron chi connectivity index (χ2n) is 25.1. The van der Waals surface area contributed by atoms with Crippen LogP contribution in [0.15, 0.2) is 149 Å². The molecule has 0 amide bonds. The molecule has 13 rings (SSSR count). The van der Waals surface area contributed by atoms with Crippen molar-refractivity contribution < 1.29 is 37.9 Å². The average molecular weight is 1290 g/mol. The van der Waals surface area contributed by atoms with Gasteiger partial charge in [-0.25, -0.2) is 34.9 Å². The van der Waals surface area contributed by atoms with Crippen molar-refractivity contribution in [2.45, 2.75) is 164 Å². The number of ether oxygens (including phenoxy) is 8. The molecule has 0 spiro atoms. The van der Waals surface area contributed by atoms with Crippen LogP contribution in [-0.4, -0.2) is 93.7 Å². The van der Waals surface area contributed by atoms with Crippen molar-refractivity contribution in [2.24, 2.45) is 34.9 Å². The highest BCUT2D eigenvalue weighted by molar-refractivity contribution is 6.39. The summed E-state index contributed by atoms with van der Waals surface area (Å²) in [5.41, 5.74) is 7.09. The van der Waals surface area contributed by atoms with Gasteiger partial charge in [-0.1, -0.05) is 204 Å². The standard InChI is InChI=1S/C80H90N8O8/c1-9-17-41-89-65-49-33-25-26-34-50(49)66(90-42-18-10-2)58-57(65)73-81-74(58)86-76-61-62(70(94-46-22-14-6)54-38-30-29-37-53(54)69(61)93-45-21-13-5)78(83-76)88-80-64-63(71(95-47-23-15-7)55-39-31-32-40-56(55)72(64)96-48-24-16-8)79(84-80)87-77-60-59(75(82-77)85-73)67(91-43-19-11-3)51-35-27-28-36-52(51)68(60)92-44-20-12-4/h25-40,65H,9-24,41-48H2,1-8H3,(H,81,82,83,84,85,86,87,88). The van der Waals surface area contributed by atoms with Crippen molar-refractivity contribution in [1.29, 1.82) is 0 Å². The maximum atomic E-state index is 7.22. The van der Waals surface area contributed by atoms with E-state index in [1.807, 2.05) is 36.4 Å². The number of aliphatic imine (C=N–C) groups is 7. The molecular weight excluding hydrogens is 1200 g/mol. The SMILES string of the molecule is CCCCOC1=C2C3=NC(=C2C(OCCCC)c2ccccc21)N=C1N=C(N=C2N=C(NC4=NC(=N3)c3c4c(OCCCC)c4ccccc4c3OCCCC)c3c2c(OCCCC)c2ccccc2c3OCCCC)c2c1c(OCCCC)c1ccccc1c2OCCCC.